The number of carbonyl (C=O) groups is 1. The number of nitrogens with zero attached hydrogens (tertiary/aromatic N) is 1. The van der Waals surface area contributed by atoms with E-state index < -0.39 is 5.41 Å². The molecule has 0 radical (unpaired) electrons. The van der Waals surface area contributed by atoms with Gasteiger partial charge in [-0.15, -0.1) is 0 Å². The summed E-state index contributed by atoms with van der Waals surface area (Å²) in [5.74, 6) is 0.826. The van der Waals surface area contributed by atoms with Gasteiger partial charge in [-0.1, -0.05) is 32.9 Å². The smallest absolute Gasteiger partial charge is 0.154 e. The number of benzene rings is 1. The Morgan fingerprint density at radius 3 is 2.26 bits per heavy atom. The van der Waals surface area contributed by atoms with Gasteiger partial charge < -0.3 is 4.74 Å². The highest BCUT2D eigenvalue weighted by Crippen LogP contribution is 2.59. The number of hydrogen-bond acceptors (Lipinski definition) is 3. The van der Waals surface area contributed by atoms with E-state index in [1.165, 1.54) is 0 Å². The molecule has 0 N–H and O–H groups in total. The zero-order valence-corrected chi connectivity index (χ0v) is 11.9. The Morgan fingerprint density at radius 1 is 1.32 bits per heavy atom. The van der Waals surface area contributed by atoms with Crippen LogP contribution in [-0.4, -0.2) is 12.9 Å². The van der Waals surface area contributed by atoms with Crippen LogP contribution in [0.5, 0.6) is 5.75 Å². The fourth-order valence-corrected chi connectivity index (χ4v) is 3.02. The minimum absolute atomic E-state index is 0.0177. The molecule has 19 heavy (non-hydrogen) atoms. The Morgan fingerprint density at radius 2 is 1.89 bits per heavy atom. The van der Waals surface area contributed by atoms with Crippen LogP contribution in [0.15, 0.2) is 24.3 Å². The minimum Gasteiger partial charge on any atom is -0.497 e. The maximum Gasteiger partial charge on any atom is 0.154 e. The van der Waals surface area contributed by atoms with Crippen molar-refractivity contribution in [2.24, 2.45) is 10.8 Å². The second-order valence-corrected chi connectivity index (χ2v) is 6.12. The van der Waals surface area contributed by atoms with Crippen LogP contribution in [0.25, 0.3) is 0 Å². The number of rotatable bonds is 2. The number of carbonyl (C=O) groups excluding carboxylic acids is 1. The van der Waals surface area contributed by atoms with Crippen molar-refractivity contribution in [2.75, 3.05) is 7.11 Å². The van der Waals surface area contributed by atoms with E-state index in [1.807, 2.05) is 45.0 Å². The molecule has 2 atom stereocenters. The third-order valence-electron chi connectivity index (χ3n) is 4.23. The summed E-state index contributed by atoms with van der Waals surface area (Å²) in [6.07, 6.45) is 0.456. The van der Waals surface area contributed by atoms with E-state index in [-0.39, 0.29) is 17.1 Å². The molecule has 0 unspecified atom stereocenters. The van der Waals surface area contributed by atoms with Gasteiger partial charge in [0.2, 0.25) is 0 Å². The molecule has 1 saturated carbocycles. The molecule has 0 heterocycles. The minimum atomic E-state index is -0.901. The van der Waals surface area contributed by atoms with Crippen LogP contribution in [0.3, 0.4) is 0 Å². The van der Waals surface area contributed by atoms with Gasteiger partial charge in [0.1, 0.15) is 11.2 Å². The largest absolute Gasteiger partial charge is 0.497 e. The van der Waals surface area contributed by atoms with Crippen molar-refractivity contribution in [3.63, 3.8) is 0 Å². The highest BCUT2D eigenvalue weighted by atomic mass is 16.5. The lowest BCUT2D eigenvalue weighted by Crippen LogP contribution is -2.55. The predicted octanol–water partition coefficient (Wildman–Crippen LogP) is 3.31. The first-order valence-electron chi connectivity index (χ1n) is 6.45. The summed E-state index contributed by atoms with van der Waals surface area (Å²) in [5.41, 5.74) is -0.222. The number of hydrogen-bond donors (Lipinski definition) is 0. The van der Waals surface area contributed by atoms with E-state index in [0.29, 0.717) is 6.42 Å². The summed E-state index contributed by atoms with van der Waals surface area (Å²) in [4.78, 5) is 12.1. The lowest BCUT2D eigenvalue weighted by atomic mass is 9.47. The van der Waals surface area contributed by atoms with Crippen molar-refractivity contribution in [3.05, 3.63) is 29.8 Å². The predicted molar refractivity (Wildman–Crippen MR) is 72.9 cm³/mol. The van der Waals surface area contributed by atoms with Gasteiger partial charge in [-0.3, -0.25) is 4.79 Å². The normalized spacial score (nSPS) is 26.5. The van der Waals surface area contributed by atoms with Crippen LogP contribution in [-0.2, 0) is 4.79 Å². The SMILES string of the molecule is COc1ccc([C@@H]2CC(=O)[C@@]2(C#N)C(C)(C)C)cc1. The van der Waals surface area contributed by atoms with E-state index in [4.69, 9.17) is 4.74 Å². The molecule has 1 aromatic carbocycles. The molecule has 0 saturated heterocycles. The first-order chi connectivity index (χ1) is 8.86. The standard InChI is InChI=1S/C16H19NO2/c1-15(2,3)16(10-17)13(9-14(16)18)11-5-7-12(19-4)8-6-11/h5-8,13H,9H2,1-4H3/t13-,16-/m0/s1. The Hall–Kier alpha value is -1.82. The fourth-order valence-electron chi connectivity index (χ4n) is 3.02. The van der Waals surface area contributed by atoms with Crippen molar-refractivity contribution in [2.45, 2.75) is 33.1 Å². The number of ether oxygens (including phenoxy) is 1. The Kier molecular flexibility index (Phi) is 3.14. The van der Waals surface area contributed by atoms with Crippen molar-refractivity contribution in [3.8, 4) is 11.8 Å². The van der Waals surface area contributed by atoms with Gasteiger partial charge in [-0.2, -0.15) is 5.26 Å². The van der Waals surface area contributed by atoms with Crippen LogP contribution in [0.2, 0.25) is 0 Å². The van der Waals surface area contributed by atoms with Crippen LogP contribution in [0, 0.1) is 22.2 Å². The van der Waals surface area contributed by atoms with Gasteiger partial charge in [0.25, 0.3) is 0 Å². The van der Waals surface area contributed by atoms with Gasteiger partial charge in [0, 0.05) is 12.3 Å². The average molecular weight is 257 g/mol. The summed E-state index contributed by atoms with van der Waals surface area (Å²) >= 11 is 0. The molecule has 0 bridgehead atoms. The molecular weight excluding hydrogens is 238 g/mol. The second-order valence-electron chi connectivity index (χ2n) is 6.12. The third-order valence-corrected chi connectivity index (χ3v) is 4.23. The molecule has 2 rings (SSSR count). The van der Waals surface area contributed by atoms with Gasteiger partial charge in [-0.05, 0) is 23.1 Å². The van der Waals surface area contributed by atoms with Gasteiger partial charge >= 0.3 is 0 Å². The zero-order valence-electron chi connectivity index (χ0n) is 11.9. The van der Waals surface area contributed by atoms with Crippen LogP contribution >= 0.6 is 0 Å². The molecule has 1 aliphatic rings. The van der Waals surface area contributed by atoms with Crippen LogP contribution in [0.1, 0.15) is 38.7 Å². The molecule has 1 fully saturated rings. The van der Waals surface area contributed by atoms with E-state index in [2.05, 4.69) is 6.07 Å². The summed E-state index contributed by atoms with van der Waals surface area (Å²) in [7, 11) is 1.62. The third kappa shape index (κ3) is 1.83. The highest BCUT2D eigenvalue weighted by molar-refractivity contribution is 5.97. The first-order valence-corrected chi connectivity index (χ1v) is 6.45. The molecule has 3 heteroatoms. The van der Waals surface area contributed by atoms with E-state index in [1.54, 1.807) is 7.11 Å². The van der Waals surface area contributed by atoms with Gasteiger partial charge in [-0.25, -0.2) is 0 Å². The second kappa shape index (κ2) is 4.38. The summed E-state index contributed by atoms with van der Waals surface area (Å²) < 4.78 is 5.14. The molecular formula is C16H19NO2. The molecule has 0 spiro atoms. The molecule has 0 aliphatic heterocycles. The Bertz CT molecular complexity index is 533. The summed E-state index contributed by atoms with van der Waals surface area (Å²) in [6.45, 7) is 5.89. The van der Waals surface area contributed by atoms with Crippen molar-refractivity contribution in [1.82, 2.24) is 0 Å². The highest BCUT2D eigenvalue weighted by Gasteiger charge is 2.62. The quantitative estimate of drug-likeness (QED) is 0.816. The fraction of sp³-hybridized carbons (Fsp3) is 0.500. The van der Waals surface area contributed by atoms with E-state index in [0.717, 1.165) is 11.3 Å². The van der Waals surface area contributed by atoms with E-state index >= 15 is 0 Å². The molecule has 0 aromatic heterocycles. The molecule has 100 valence electrons. The Labute approximate surface area is 114 Å². The summed E-state index contributed by atoms with van der Waals surface area (Å²) in [5, 5.41) is 9.58. The Balaban J connectivity index is 2.40. The summed E-state index contributed by atoms with van der Waals surface area (Å²) in [6, 6.07) is 9.96. The van der Waals surface area contributed by atoms with Crippen LogP contribution < -0.4 is 4.74 Å². The number of methoxy groups -OCH3 is 1. The van der Waals surface area contributed by atoms with Crippen molar-refractivity contribution < 1.29 is 9.53 Å². The van der Waals surface area contributed by atoms with Gasteiger partial charge in [0.05, 0.1) is 13.2 Å². The molecule has 1 aliphatic carbocycles. The molecule has 3 nitrogen and oxygen atoms in total. The zero-order chi connectivity index (χ0) is 14.3. The monoisotopic (exact) mass is 257 g/mol. The number of Topliss-reactive ketones (excluding diaryl/α,β-unsaturated/α-hetero) is 1. The van der Waals surface area contributed by atoms with Gasteiger partial charge in [0.15, 0.2) is 5.78 Å². The topological polar surface area (TPSA) is 50.1 Å². The van der Waals surface area contributed by atoms with Crippen LogP contribution in [0.4, 0.5) is 0 Å². The average Bonchev–Trinajstić information content (AvgIpc) is 2.35. The lowest BCUT2D eigenvalue weighted by molar-refractivity contribution is -0.144. The number of nitriles is 1. The number of ketones is 1. The first kappa shape index (κ1) is 13.6. The molecule has 1 aromatic rings. The van der Waals surface area contributed by atoms with E-state index in [9.17, 15) is 10.1 Å². The lowest BCUT2D eigenvalue weighted by Gasteiger charge is -2.51. The maximum absolute atomic E-state index is 12.1. The molecule has 0 amide bonds. The van der Waals surface area contributed by atoms with Crippen molar-refractivity contribution >= 4 is 5.78 Å². The van der Waals surface area contributed by atoms with Crippen molar-refractivity contribution in [1.29, 1.82) is 5.26 Å². The maximum atomic E-state index is 12.1.